The summed E-state index contributed by atoms with van der Waals surface area (Å²) in [5.41, 5.74) is 0.732. The van der Waals surface area contributed by atoms with E-state index in [0.717, 1.165) is 12.0 Å². The Bertz CT molecular complexity index is 582. The summed E-state index contributed by atoms with van der Waals surface area (Å²) < 4.78 is 17.2. The highest BCUT2D eigenvalue weighted by atomic mass is 16.5. The van der Waals surface area contributed by atoms with Gasteiger partial charge in [0, 0.05) is 0 Å². The Morgan fingerprint density at radius 1 is 1.38 bits per heavy atom. The lowest BCUT2D eigenvalue weighted by atomic mass is 9.95. The van der Waals surface area contributed by atoms with Crippen molar-refractivity contribution in [1.82, 2.24) is 4.90 Å². The van der Waals surface area contributed by atoms with E-state index in [1.54, 1.807) is 33.0 Å². The van der Waals surface area contributed by atoms with Gasteiger partial charge in [-0.05, 0) is 24.5 Å². The van der Waals surface area contributed by atoms with Gasteiger partial charge in [-0.3, -0.25) is 4.79 Å². The molecular formula is C18H26BNO4. The van der Waals surface area contributed by atoms with Crippen LogP contribution in [0.5, 0.6) is 11.5 Å². The molecule has 3 atom stereocenters. The first-order valence-electron chi connectivity index (χ1n) is 8.22. The molecule has 1 saturated heterocycles. The molecule has 1 fully saturated rings. The average molecular weight is 331 g/mol. The Labute approximate surface area is 145 Å². The van der Waals surface area contributed by atoms with Gasteiger partial charge in [-0.1, -0.05) is 26.0 Å². The smallest absolute Gasteiger partial charge is 0.216 e. The van der Waals surface area contributed by atoms with Gasteiger partial charge in [0.2, 0.25) is 7.85 Å². The fourth-order valence-electron chi connectivity index (χ4n) is 3.31. The largest absolute Gasteiger partial charge is 0.496 e. The zero-order valence-corrected chi connectivity index (χ0v) is 15.1. The predicted molar refractivity (Wildman–Crippen MR) is 96.4 cm³/mol. The van der Waals surface area contributed by atoms with Crippen LogP contribution in [0.3, 0.4) is 0 Å². The summed E-state index contributed by atoms with van der Waals surface area (Å²) in [5.74, 6) is 1.67. The van der Waals surface area contributed by atoms with Crippen LogP contribution in [-0.4, -0.2) is 44.9 Å². The maximum Gasteiger partial charge on any atom is 0.216 e. The molecule has 0 aliphatic carbocycles. The van der Waals surface area contributed by atoms with Crippen LogP contribution in [0.25, 0.3) is 0 Å². The molecule has 1 aliphatic heterocycles. The maximum absolute atomic E-state index is 12.4. The molecule has 130 valence electrons. The van der Waals surface area contributed by atoms with E-state index < -0.39 is 6.23 Å². The highest BCUT2D eigenvalue weighted by Crippen LogP contribution is 2.44. The summed E-state index contributed by atoms with van der Waals surface area (Å²) >= 11 is 0. The van der Waals surface area contributed by atoms with Gasteiger partial charge in [0.05, 0.1) is 31.9 Å². The topological polar surface area (TPSA) is 48.0 Å². The van der Waals surface area contributed by atoms with Crippen LogP contribution in [0.15, 0.2) is 30.9 Å². The monoisotopic (exact) mass is 331 g/mol. The van der Waals surface area contributed by atoms with Crippen LogP contribution in [0, 0.1) is 5.92 Å². The minimum absolute atomic E-state index is 0.0389. The highest BCUT2D eigenvalue weighted by Gasteiger charge is 2.45. The Kier molecular flexibility index (Phi) is 5.94. The molecule has 1 aromatic rings. The van der Waals surface area contributed by atoms with Gasteiger partial charge < -0.3 is 19.1 Å². The first-order chi connectivity index (χ1) is 11.4. The molecule has 0 spiro atoms. The molecule has 0 radical (unpaired) electrons. The Morgan fingerprint density at radius 3 is 2.38 bits per heavy atom. The lowest BCUT2D eigenvalue weighted by Gasteiger charge is -2.30. The molecule has 1 amide bonds. The molecule has 0 N–H and O–H groups in total. The Hall–Kier alpha value is -1.95. The van der Waals surface area contributed by atoms with E-state index in [2.05, 4.69) is 20.4 Å². The molecule has 2 rings (SSSR count). The van der Waals surface area contributed by atoms with Gasteiger partial charge in [-0.15, -0.1) is 6.58 Å². The average Bonchev–Trinajstić information content (AvgIpc) is 2.91. The Balaban J connectivity index is 2.53. The molecular weight excluding hydrogens is 305 g/mol. The second-order valence-corrected chi connectivity index (χ2v) is 6.39. The lowest BCUT2D eigenvalue weighted by Crippen LogP contribution is -2.40. The summed E-state index contributed by atoms with van der Waals surface area (Å²) in [6.07, 6.45) is 1.83. The van der Waals surface area contributed by atoms with Crippen LogP contribution in [0.4, 0.5) is 4.79 Å². The van der Waals surface area contributed by atoms with E-state index in [9.17, 15) is 4.79 Å². The summed E-state index contributed by atoms with van der Waals surface area (Å²) in [4.78, 5) is 14.2. The van der Waals surface area contributed by atoms with Crippen LogP contribution in [0.2, 0.25) is 0 Å². The molecule has 1 heterocycles. The van der Waals surface area contributed by atoms with Gasteiger partial charge in [-0.2, -0.15) is 0 Å². The third-order valence-electron chi connectivity index (χ3n) is 4.30. The van der Waals surface area contributed by atoms with Crippen LogP contribution >= 0.6 is 0 Å². The SMILES string of the molecule is BC(=O)N1C(c2c(OC)cccc2OC)OC(C=C)[C@@H]1CC(C)C. The molecule has 0 bridgehead atoms. The van der Waals surface area contributed by atoms with E-state index in [4.69, 9.17) is 14.2 Å². The molecule has 0 saturated carbocycles. The third kappa shape index (κ3) is 3.43. The highest BCUT2D eigenvalue weighted by molar-refractivity contribution is 6.57. The van der Waals surface area contributed by atoms with Gasteiger partial charge >= 0.3 is 0 Å². The van der Waals surface area contributed by atoms with Gasteiger partial charge in [0.25, 0.3) is 0 Å². The molecule has 0 aromatic heterocycles. The molecule has 5 nitrogen and oxygen atoms in total. The fourth-order valence-corrected chi connectivity index (χ4v) is 3.31. The zero-order chi connectivity index (χ0) is 17.9. The van der Waals surface area contributed by atoms with Gasteiger partial charge in [0.15, 0.2) is 12.0 Å². The van der Waals surface area contributed by atoms with E-state index >= 15 is 0 Å². The zero-order valence-electron chi connectivity index (χ0n) is 15.1. The first-order valence-corrected chi connectivity index (χ1v) is 8.22. The van der Waals surface area contributed by atoms with E-state index in [1.165, 1.54) is 0 Å². The summed E-state index contributed by atoms with van der Waals surface area (Å²) in [5, 5.41) is 0. The number of hydrogen-bond acceptors (Lipinski definition) is 4. The standard InChI is InChI=1S/C18H26BNO4/c1-6-13-12(10-11(2)3)20(18(19)21)17(24-13)16-14(22-4)8-7-9-15(16)23-5/h6-9,11-13,17H,1,10,19H2,2-5H3/t12-,13?,17?/m0/s1. The van der Waals surface area contributed by atoms with Crippen LogP contribution < -0.4 is 9.47 Å². The van der Waals surface area contributed by atoms with Crippen molar-refractivity contribution in [2.75, 3.05) is 14.2 Å². The fraction of sp³-hybridized carbons (Fsp3) is 0.500. The van der Waals surface area contributed by atoms with Crippen molar-refractivity contribution in [2.24, 2.45) is 5.92 Å². The third-order valence-corrected chi connectivity index (χ3v) is 4.30. The number of benzene rings is 1. The first kappa shape index (κ1) is 18.4. The number of carbonyl (C=O) groups is 1. The van der Waals surface area contributed by atoms with Crippen molar-refractivity contribution >= 4 is 13.7 Å². The van der Waals surface area contributed by atoms with E-state index in [-0.39, 0.29) is 18.0 Å². The van der Waals surface area contributed by atoms with Crippen molar-refractivity contribution < 1.29 is 19.0 Å². The predicted octanol–water partition coefficient (Wildman–Crippen LogP) is 2.76. The number of carbonyl (C=O) groups excluding carboxylic acids is 1. The van der Waals surface area contributed by atoms with Crippen molar-refractivity contribution in [3.63, 3.8) is 0 Å². The number of rotatable bonds is 6. The molecule has 1 aromatic carbocycles. The lowest BCUT2D eigenvalue weighted by molar-refractivity contribution is 0.0272. The van der Waals surface area contributed by atoms with Crippen molar-refractivity contribution in [2.45, 2.75) is 38.6 Å². The van der Waals surface area contributed by atoms with Crippen molar-refractivity contribution in [3.05, 3.63) is 36.4 Å². The van der Waals surface area contributed by atoms with Gasteiger partial charge in [-0.25, -0.2) is 0 Å². The second kappa shape index (κ2) is 7.75. The Morgan fingerprint density at radius 2 is 1.96 bits per heavy atom. The summed E-state index contributed by atoms with van der Waals surface area (Å²) in [6.45, 7) is 8.15. The second-order valence-electron chi connectivity index (χ2n) is 6.39. The minimum atomic E-state index is -0.555. The molecule has 24 heavy (non-hydrogen) atoms. The molecule has 1 aliphatic rings. The number of nitrogens with zero attached hydrogens (tertiary/aromatic N) is 1. The number of hydrogen-bond donors (Lipinski definition) is 0. The number of methoxy groups -OCH3 is 2. The number of amides is 1. The number of ether oxygens (including phenoxy) is 3. The summed E-state index contributed by atoms with van der Waals surface area (Å²) in [7, 11) is 4.76. The quantitative estimate of drug-likeness (QED) is 0.594. The molecule has 2 unspecified atom stereocenters. The summed E-state index contributed by atoms with van der Waals surface area (Å²) in [6, 6.07) is 5.49. The van der Waals surface area contributed by atoms with Crippen molar-refractivity contribution in [1.29, 1.82) is 0 Å². The maximum atomic E-state index is 12.4. The van der Waals surface area contributed by atoms with E-state index in [0.29, 0.717) is 17.4 Å². The van der Waals surface area contributed by atoms with Crippen LogP contribution in [-0.2, 0) is 4.74 Å². The minimum Gasteiger partial charge on any atom is -0.496 e. The van der Waals surface area contributed by atoms with E-state index in [1.807, 2.05) is 18.2 Å². The van der Waals surface area contributed by atoms with Crippen molar-refractivity contribution in [3.8, 4) is 11.5 Å². The van der Waals surface area contributed by atoms with Gasteiger partial charge in [0.1, 0.15) is 11.5 Å². The molecule has 6 heteroatoms. The van der Waals surface area contributed by atoms with Crippen LogP contribution in [0.1, 0.15) is 32.1 Å². The normalized spacial score (nSPS) is 23.4.